The number of fused-ring (bicyclic) bond motifs is 1. The van der Waals surface area contributed by atoms with Crippen molar-refractivity contribution in [1.29, 1.82) is 0 Å². The fourth-order valence-corrected chi connectivity index (χ4v) is 3.28. The van der Waals surface area contributed by atoms with Crippen LogP contribution in [0.25, 0.3) is 0 Å². The Hall–Kier alpha value is -2.04. The van der Waals surface area contributed by atoms with E-state index in [1.807, 2.05) is 0 Å². The molecule has 3 rings (SSSR count). The number of carbonyl (C=O) groups is 2. The maximum atomic E-state index is 12.1. The van der Waals surface area contributed by atoms with Crippen LogP contribution in [-0.2, 0) is 11.2 Å². The van der Waals surface area contributed by atoms with E-state index in [0.717, 1.165) is 32.4 Å². The van der Waals surface area contributed by atoms with Gasteiger partial charge in [-0.05, 0) is 44.7 Å². The minimum absolute atomic E-state index is 0.128. The minimum Gasteiger partial charge on any atom is -0.371 e. The molecule has 0 unspecified atom stereocenters. The number of aryl methyl sites for hydroxylation is 1. The fraction of sp³-hybridized carbons (Fsp3) is 0.529. The van der Waals surface area contributed by atoms with Crippen LogP contribution in [-0.4, -0.2) is 42.0 Å². The van der Waals surface area contributed by atoms with Gasteiger partial charge in [0.1, 0.15) is 5.54 Å². The molecule has 2 aliphatic heterocycles. The average Bonchev–Trinajstić information content (AvgIpc) is 2.69. The van der Waals surface area contributed by atoms with Gasteiger partial charge in [0.25, 0.3) is 5.91 Å². The smallest absolute Gasteiger partial charge is 0.325 e. The topological polar surface area (TPSA) is 52.7 Å². The minimum atomic E-state index is -0.769. The summed E-state index contributed by atoms with van der Waals surface area (Å²) in [6.45, 7) is 5.88. The lowest BCUT2D eigenvalue weighted by molar-refractivity contribution is -0.130. The van der Waals surface area contributed by atoms with Crippen molar-refractivity contribution in [2.75, 3.05) is 24.5 Å². The van der Waals surface area contributed by atoms with Crippen molar-refractivity contribution in [2.45, 2.75) is 38.6 Å². The monoisotopic (exact) mass is 301 g/mol. The van der Waals surface area contributed by atoms with E-state index in [9.17, 15) is 9.59 Å². The zero-order chi connectivity index (χ0) is 15.7. The molecule has 1 N–H and O–H groups in total. The predicted molar refractivity (Wildman–Crippen MR) is 85.9 cm³/mol. The second-order valence-electron chi connectivity index (χ2n) is 6.58. The molecule has 1 aromatic rings. The lowest BCUT2D eigenvalue weighted by Gasteiger charge is -2.31. The lowest BCUT2D eigenvalue weighted by atomic mass is 10.0. The maximum absolute atomic E-state index is 12.1. The Morgan fingerprint density at radius 1 is 1.18 bits per heavy atom. The SMILES string of the molecule is CC1(C)NC(=O)N(CCCN2CCCc3ccccc32)C1=O. The van der Waals surface area contributed by atoms with Crippen molar-refractivity contribution < 1.29 is 9.59 Å². The molecule has 5 nitrogen and oxygen atoms in total. The first-order chi connectivity index (χ1) is 10.5. The number of rotatable bonds is 4. The molecule has 5 heteroatoms. The van der Waals surface area contributed by atoms with Gasteiger partial charge in [-0.25, -0.2) is 4.79 Å². The summed E-state index contributed by atoms with van der Waals surface area (Å²) in [6, 6.07) is 8.22. The number of carbonyl (C=O) groups excluding carboxylic acids is 2. The number of benzene rings is 1. The van der Waals surface area contributed by atoms with Crippen LogP contribution in [0.1, 0.15) is 32.3 Å². The van der Waals surface area contributed by atoms with Crippen LogP contribution in [0.5, 0.6) is 0 Å². The number of amides is 3. The van der Waals surface area contributed by atoms with Crippen molar-refractivity contribution in [3.05, 3.63) is 29.8 Å². The van der Waals surface area contributed by atoms with Gasteiger partial charge < -0.3 is 10.2 Å². The highest BCUT2D eigenvalue weighted by Crippen LogP contribution is 2.26. The summed E-state index contributed by atoms with van der Waals surface area (Å²) < 4.78 is 0. The molecule has 0 saturated carbocycles. The van der Waals surface area contributed by atoms with E-state index >= 15 is 0 Å². The molecule has 118 valence electrons. The largest absolute Gasteiger partial charge is 0.371 e. The fourth-order valence-electron chi connectivity index (χ4n) is 3.28. The zero-order valence-electron chi connectivity index (χ0n) is 13.3. The summed E-state index contributed by atoms with van der Waals surface area (Å²) >= 11 is 0. The number of anilines is 1. The number of hydrogen-bond donors (Lipinski definition) is 1. The first-order valence-electron chi connectivity index (χ1n) is 7.96. The lowest BCUT2D eigenvalue weighted by Crippen LogP contribution is -2.40. The van der Waals surface area contributed by atoms with E-state index in [2.05, 4.69) is 34.5 Å². The van der Waals surface area contributed by atoms with E-state index < -0.39 is 5.54 Å². The molecule has 0 spiro atoms. The first kappa shape index (κ1) is 14.9. The van der Waals surface area contributed by atoms with Crippen LogP contribution in [0, 0.1) is 0 Å². The number of hydrogen-bond acceptors (Lipinski definition) is 3. The Morgan fingerprint density at radius 3 is 2.68 bits per heavy atom. The van der Waals surface area contributed by atoms with Gasteiger partial charge in [-0.3, -0.25) is 9.69 Å². The van der Waals surface area contributed by atoms with E-state index in [-0.39, 0.29) is 11.9 Å². The summed E-state index contributed by atoms with van der Waals surface area (Å²) in [6.07, 6.45) is 3.09. The van der Waals surface area contributed by atoms with Crippen LogP contribution in [0.2, 0.25) is 0 Å². The van der Waals surface area contributed by atoms with Crippen molar-refractivity contribution in [3.63, 3.8) is 0 Å². The highest BCUT2D eigenvalue weighted by molar-refractivity contribution is 6.06. The molecule has 2 aliphatic rings. The predicted octanol–water partition coefficient (Wildman–Crippen LogP) is 2.16. The summed E-state index contributed by atoms with van der Waals surface area (Å²) in [5.41, 5.74) is 1.92. The Balaban J connectivity index is 1.59. The second-order valence-corrected chi connectivity index (χ2v) is 6.58. The molecule has 3 amide bonds. The Bertz CT molecular complexity index is 597. The van der Waals surface area contributed by atoms with Gasteiger partial charge in [-0.1, -0.05) is 18.2 Å². The second kappa shape index (κ2) is 5.63. The summed E-state index contributed by atoms with van der Waals surface area (Å²) in [5, 5.41) is 2.72. The van der Waals surface area contributed by atoms with Gasteiger partial charge >= 0.3 is 6.03 Å². The molecule has 0 aromatic heterocycles. The van der Waals surface area contributed by atoms with Crippen LogP contribution in [0.15, 0.2) is 24.3 Å². The van der Waals surface area contributed by atoms with Crippen molar-refractivity contribution in [3.8, 4) is 0 Å². The van der Waals surface area contributed by atoms with Gasteiger partial charge in [0, 0.05) is 25.3 Å². The van der Waals surface area contributed by atoms with Crippen LogP contribution >= 0.6 is 0 Å². The molecule has 22 heavy (non-hydrogen) atoms. The third-order valence-corrected chi connectivity index (χ3v) is 4.46. The standard InChI is InChI=1S/C17H23N3O2/c1-17(2)15(21)20(16(22)18-17)12-6-11-19-10-5-8-13-7-3-4-9-14(13)19/h3-4,7,9H,5-6,8,10-12H2,1-2H3,(H,18,22). The molecule has 0 atom stereocenters. The number of nitrogens with zero attached hydrogens (tertiary/aromatic N) is 2. The summed E-state index contributed by atoms with van der Waals surface area (Å²) in [5.74, 6) is -0.128. The molecule has 0 aliphatic carbocycles. The quantitative estimate of drug-likeness (QED) is 0.867. The van der Waals surface area contributed by atoms with Gasteiger partial charge in [0.2, 0.25) is 0 Å². The molecular formula is C17H23N3O2. The van der Waals surface area contributed by atoms with Crippen LogP contribution < -0.4 is 10.2 Å². The zero-order valence-corrected chi connectivity index (χ0v) is 13.3. The van der Waals surface area contributed by atoms with Gasteiger partial charge in [-0.2, -0.15) is 0 Å². The van der Waals surface area contributed by atoms with Gasteiger partial charge in [0.05, 0.1) is 0 Å². The van der Waals surface area contributed by atoms with Gasteiger partial charge in [0.15, 0.2) is 0 Å². The highest BCUT2D eigenvalue weighted by atomic mass is 16.2. The number of imide groups is 1. The van der Waals surface area contributed by atoms with Crippen molar-refractivity contribution in [1.82, 2.24) is 10.2 Å². The van der Waals surface area contributed by atoms with E-state index in [1.54, 1.807) is 13.8 Å². The molecule has 1 aromatic carbocycles. The summed E-state index contributed by atoms with van der Waals surface area (Å²) in [4.78, 5) is 27.7. The Morgan fingerprint density at radius 2 is 1.95 bits per heavy atom. The van der Waals surface area contributed by atoms with E-state index in [4.69, 9.17) is 0 Å². The van der Waals surface area contributed by atoms with Gasteiger partial charge in [-0.15, -0.1) is 0 Å². The van der Waals surface area contributed by atoms with E-state index in [1.165, 1.54) is 16.2 Å². The van der Waals surface area contributed by atoms with Crippen molar-refractivity contribution in [2.24, 2.45) is 0 Å². The van der Waals surface area contributed by atoms with Crippen LogP contribution in [0.3, 0.4) is 0 Å². The number of urea groups is 1. The molecule has 1 fully saturated rings. The Labute approximate surface area is 131 Å². The van der Waals surface area contributed by atoms with Crippen molar-refractivity contribution >= 4 is 17.6 Å². The molecule has 2 heterocycles. The molecule has 0 bridgehead atoms. The highest BCUT2D eigenvalue weighted by Gasteiger charge is 2.43. The Kier molecular flexibility index (Phi) is 3.81. The molecule has 0 radical (unpaired) electrons. The third kappa shape index (κ3) is 2.67. The third-order valence-electron chi connectivity index (χ3n) is 4.46. The molecular weight excluding hydrogens is 278 g/mol. The normalized spacial score (nSPS) is 20.1. The number of nitrogens with one attached hydrogen (secondary N) is 1. The average molecular weight is 301 g/mol. The first-order valence-corrected chi connectivity index (χ1v) is 7.96. The van der Waals surface area contributed by atoms with Crippen LogP contribution in [0.4, 0.5) is 10.5 Å². The van der Waals surface area contributed by atoms with E-state index in [0.29, 0.717) is 6.54 Å². The summed E-state index contributed by atoms with van der Waals surface area (Å²) in [7, 11) is 0. The number of para-hydroxylation sites is 1. The molecule has 1 saturated heterocycles. The maximum Gasteiger partial charge on any atom is 0.325 e.